The number of hydrogen-bond donors (Lipinski definition) is 1. The molecule has 168 valence electrons. The zero-order valence-electron chi connectivity index (χ0n) is 18.0. The molecule has 1 heterocycles. The van der Waals surface area contributed by atoms with Crippen molar-refractivity contribution in [3.05, 3.63) is 53.6 Å². The number of benzene rings is 2. The number of morpholine rings is 1. The van der Waals surface area contributed by atoms with Gasteiger partial charge in [0.2, 0.25) is 10.0 Å². The number of carbonyl (C=O) groups is 1. The topological polar surface area (TPSA) is 94.2 Å². The van der Waals surface area contributed by atoms with E-state index < -0.39 is 10.0 Å². The molecule has 0 saturated carbocycles. The van der Waals surface area contributed by atoms with Gasteiger partial charge in [-0.3, -0.25) is 4.79 Å². The van der Waals surface area contributed by atoms with Gasteiger partial charge in [0.1, 0.15) is 11.5 Å². The fraction of sp³-hybridized carbons (Fsp3) is 0.409. The van der Waals surface area contributed by atoms with E-state index in [9.17, 15) is 13.2 Å². The Kier molecular flexibility index (Phi) is 7.53. The van der Waals surface area contributed by atoms with Crippen LogP contribution < -0.4 is 14.2 Å². The Balaban J connectivity index is 1.78. The molecule has 2 aromatic carbocycles. The largest absolute Gasteiger partial charge is 0.496 e. The van der Waals surface area contributed by atoms with Crippen molar-refractivity contribution in [3.8, 4) is 11.5 Å². The van der Waals surface area contributed by atoms with Crippen molar-refractivity contribution in [3.63, 3.8) is 0 Å². The van der Waals surface area contributed by atoms with Gasteiger partial charge in [0.15, 0.2) is 0 Å². The van der Waals surface area contributed by atoms with Crippen LogP contribution in [0.5, 0.6) is 11.5 Å². The number of nitrogens with zero attached hydrogens (tertiary/aromatic N) is 1. The van der Waals surface area contributed by atoms with E-state index in [1.165, 1.54) is 25.3 Å². The first-order valence-corrected chi connectivity index (χ1v) is 11.6. The quantitative estimate of drug-likeness (QED) is 0.667. The molecule has 0 atom stereocenters. The van der Waals surface area contributed by atoms with Crippen LogP contribution in [0.1, 0.15) is 29.8 Å². The molecule has 1 N–H and O–H groups in total. The number of hydrogen-bond acceptors (Lipinski definition) is 6. The van der Waals surface area contributed by atoms with E-state index in [4.69, 9.17) is 14.2 Å². The normalized spacial score (nSPS) is 14.5. The summed E-state index contributed by atoms with van der Waals surface area (Å²) in [6, 6.07) is 11.5. The molecular formula is C22H28N2O6S. The zero-order chi connectivity index (χ0) is 22.4. The molecule has 1 aliphatic rings. The number of sulfonamides is 1. The van der Waals surface area contributed by atoms with Crippen LogP contribution >= 0.6 is 0 Å². The number of methoxy groups -OCH3 is 1. The Bertz CT molecular complexity index is 1020. The average molecular weight is 449 g/mol. The molecule has 31 heavy (non-hydrogen) atoms. The van der Waals surface area contributed by atoms with Gasteiger partial charge in [-0.2, -0.15) is 0 Å². The van der Waals surface area contributed by atoms with Gasteiger partial charge in [0.25, 0.3) is 5.91 Å². The van der Waals surface area contributed by atoms with Crippen molar-refractivity contribution in [2.24, 2.45) is 0 Å². The summed E-state index contributed by atoms with van der Waals surface area (Å²) in [6.07, 6.45) is 0.0219. The lowest BCUT2D eigenvalue weighted by Gasteiger charge is -2.27. The predicted octanol–water partition coefficient (Wildman–Crippen LogP) is 2.43. The summed E-state index contributed by atoms with van der Waals surface area (Å²) in [7, 11) is -2.40. The highest BCUT2D eigenvalue weighted by atomic mass is 32.2. The highest BCUT2D eigenvalue weighted by molar-refractivity contribution is 7.89. The molecule has 9 heteroatoms. The van der Waals surface area contributed by atoms with E-state index in [1.54, 1.807) is 11.0 Å². The van der Waals surface area contributed by atoms with E-state index in [0.29, 0.717) is 37.8 Å². The van der Waals surface area contributed by atoms with Crippen molar-refractivity contribution in [1.29, 1.82) is 0 Å². The van der Waals surface area contributed by atoms with Gasteiger partial charge in [-0.05, 0) is 49.7 Å². The SMILES string of the molecule is COc1ccc(S(=O)(=O)NCc2cccc(OC(C)C)c2)cc1C(=O)N1CCOCC1. The summed E-state index contributed by atoms with van der Waals surface area (Å²) in [5, 5.41) is 0. The number of carbonyl (C=O) groups excluding carboxylic acids is 1. The number of nitrogens with one attached hydrogen (secondary N) is 1. The zero-order valence-corrected chi connectivity index (χ0v) is 18.8. The molecule has 1 saturated heterocycles. The average Bonchev–Trinajstić information content (AvgIpc) is 2.77. The Morgan fingerprint density at radius 2 is 1.90 bits per heavy atom. The highest BCUT2D eigenvalue weighted by Crippen LogP contribution is 2.25. The number of rotatable bonds is 8. The third-order valence-electron chi connectivity index (χ3n) is 4.75. The van der Waals surface area contributed by atoms with E-state index in [-0.39, 0.29) is 29.0 Å². The van der Waals surface area contributed by atoms with E-state index in [0.717, 1.165) is 5.56 Å². The van der Waals surface area contributed by atoms with Gasteiger partial charge in [-0.1, -0.05) is 12.1 Å². The van der Waals surface area contributed by atoms with Crippen LogP contribution in [0, 0.1) is 0 Å². The molecular weight excluding hydrogens is 420 g/mol. The molecule has 0 bridgehead atoms. The molecule has 1 aliphatic heterocycles. The van der Waals surface area contributed by atoms with Gasteiger partial charge in [0.05, 0.1) is 36.9 Å². The minimum atomic E-state index is -3.85. The molecule has 0 aliphatic carbocycles. The first-order valence-electron chi connectivity index (χ1n) is 10.1. The first kappa shape index (κ1) is 23.1. The summed E-state index contributed by atoms with van der Waals surface area (Å²) < 4.78 is 44.6. The van der Waals surface area contributed by atoms with Crippen LogP contribution in [0.15, 0.2) is 47.4 Å². The minimum absolute atomic E-state index is 0.000468. The second kappa shape index (κ2) is 10.1. The molecule has 0 unspecified atom stereocenters. The maximum Gasteiger partial charge on any atom is 0.257 e. The maximum absolute atomic E-state index is 12.9. The van der Waals surface area contributed by atoms with Gasteiger partial charge in [-0.25, -0.2) is 13.1 Å². The summed E-state index contributed by atoms with van der Waals surface area (Å²) in [5.41, 5.74) is 0.972. The second-order valence-corrected chi connectivity index (χ2v) is 9.17. The van der Waals surface area contributed by atoms with Crippen LogP contribution in [-0.2, 0) is 21.3 Å². The Morgan fingerprint density at radius 1 is 1.16 bits per heavy atom. The number of ether oxygens (including phenoxy) is 3. The highest BCUT2D eigenvalue weighted by Gasteiger charge is 2.24. The van der Waals surface area contributed by atoms with E-state index in [2.05, 4.69) is 4.72 Å². The lowest BCUT2D eigenvalue weighted by molar-refractivity contribution is 0.0300. The molecule has 8 nitrogen and oxygen atoms in total. The summed E-state index contributed by atoms with van der Waals surface area (Å²) in [6.45, 7) is 5.75. The van der Waals surface area contributed by atoms with E-state index >= 15 is 0 Å². The lowest BCUT2D eigenvalue weighted by Crippen LogP contribution is -2.40. The second-order valence-electron chi connectivity index (χ2n) is 7.41. The predicted molar refractivity (Wildman–Crippen MR) is 116 cm³/mol. The third-order valence-corrected chi connectivity index (χ3v) is 6.15. The molecule has 2 aromatic rings. The molecule has 1 fully saturated rings. The first-order chi connectivity index (χ1) is 14.8. The monoisotopic (exact) mass is 448 g/mol. The van der Waals surface area contributed by atoms with Crippen LogP contribution in [0.3, 0.4) is 0 Å². The van der Waals surface area contributed by atoms with Crippen LogP contribution in [0.25, 0.3) is 0 Å². The van der Waals surface area contributed by atoms with Crippen LogP contribution in [0.2, 0.25) is 0 Å². The molecule has 3 rings (SSSR count). The lowest BCUT2D eigenvalue weighted by atomic mass is 10.1. The Labute approximate surface area is 183 Å². The van der Waals surface area contributed by atoms with Gasteiger partial charge >= 0.3 is 0 Å². The van der Waals surface area contributed by atoms with E-state index in [1.807, 2.05) is 32.0 Å². The summed E-state index contributed by atoms with van der Waals surface area (Å²) in [4.78, 5) is 14.6. The Morgan fingerprint density at radius 3 is 2.58 bits per heavy atom. The smallest absolute Gasteiger partial charge is 0.257 e. The van der Waals surface area contributed by atoms with Gasteiger partial charge in [-0.15, -0.1) is 0 Å². The molecule has 0 aromatic heterocycles. The fourth-order valence-electron chi connectivity index (χ4n) is 3.22. The van der Waals surface area contributed by atoms with Crippen molar-refractivity contribution in [1.82, 2.24) is 9.62 Å². The van der Waals surface area contributed by atoms with Gasteiger partial charge < -0.3 is 19.1 Å². The summed E-state index contributed by atoms with van der Waals surface area (Å²) >= 11 is 0. The van der Waals surface area contributed by atoms with Crippen molar-refractivity contribution >= 4 is 15.9 Å². The number of amides is 1. The van der Waals surface area contributed by atoms with Crippen LogP contribution in [0.4, 0.5) is 0 Å². The van der Waals surface area contributed by atoms with Crippen molar-refractivity contribution in [2.75, 3.05) is 33.4 Å². The maximum atomic E-state index is 12.9. The third kappa shape index (κ3) is 5.96. The Hall–Kier alpha value is -2.62. The summed E-state index contributed by atoms with van der Waals surface area (Å²) in [5.74, 6) is 0.722. The van der Waals surface area contributed by atoms with Crippen LogP contribution in [-0.4, -0.2) is 58.7 Å². The fourth-order valence-corrected chi connectivity index (χ4v) is 4.26. The van der Waals surface area contributed by atoms with Crippen molar-refractivity contribution < 1.29 is 27.4 Å². The molecule has 0 spiro atoms. The molecule has 1 amide bonds. The van der Waals surface area contributed by atoms with Crippen molar-refractivity contribution in [2.45, 2.75) is 31.4 Å². The molecule has 0 radical (unpaired) electrons. The van der Waals surface area contributed by atoms with Gasteiger partial charge in [0, 0.05) is 19.6 Å². The minimum Gasteiger partial charge on any atom is -0.496 e. The standard InChI is InChI=1S/C22H28N2O6S/c1-16(2)30-18-6-4-5-17(13-18)15-23-31(26,27)19-7-8-21(28-3)20(14-19)22(25)24-9-11-29-12-10-24/h4-8,13-14,16,23H,9-12,15H2,1-3H3.